The second-order valence-electron chi connectivity index (χ2n) is 3.63. The Morgan fingerprint density at radius 1 is 1.53 bits per heavy atom. The van der Waals surface area contributed by atoms with Gasteiger partial charge in [-0.3, -0.25) is 15.1 Å². The average Bonchev–Trinajstić information content (AvgIpc) is 2.84. The maximum absolute atomic E-state index is 11.9. The van der Waals surface area contributed by atoms with Gasteiger partial charge in [0.15, 0.2) is 5.13 Å². The molecule has 0 aromatic carbocycles. The number of nitrogens with zero attached hydrogens (tertiary/aromatic N) is 2. The fraction of sp³-hybridized carbons (Fsp3) is 0.154. The zero-order valence-electron chi connectivity index (χ0n) is 10.2. The van der Waals surface area contributed by atoms with E-state index in [-0.39, 0.29) is 12.5 Å². The number of hydrogen-bond acceptors (Lipinski definition) is 5. The second-order valence-corrected chi connectivity index (χ2v) is 4.66. The maximum atomic E-state index is 11.9. The third-order valence-corrected chi connectivity index (χ3v) is 3.00. The first-order chi connectivity index (χ1) is 9.19. The van der Waals surface area contributed by atoms with Gasteiger partial charge < -0.3 is 5.11 Å². The number of rotatable bonds is 2. The van der Waals surface area contributed by atoms with Crippen molar-refractivity contribution in [1.82, 2.24) is 9.97 Å². The molecule has 0 aliphatic carbocycles. The van der Waals surface area contributed by atoms with Gasteiger partial charge in [-0.15, -0.1) is 0 Å². The van der Waals surface area contributed by atoms with Crippen LogP contribution in [0.15, 0.2) is 24.5 Å². The lowest BCUT2D eigenvalue weighted by Gasteiger charge is -2.01. The molecular formula is C13H11N3O2S. The summed E-state index contributed by atoms with van der Waals surface area (Å²) in [7, 11) is 0. The summed E-state index contributed by atoms with van der Waals surface area (Å²) in [5, 5.41) is 11.8. The third kappa shape index (κ3) is 3.61. The molecule has 1 amide bonds. The molecule has 2 aromatic rings. The summed E-state index contributed by atoms with van der Waals surface area (Å²) in [6.07, 6.45) is 3.14. The number of aromatic nitrogens is 2. The van der Waals surface area contributed by atoms with E-state index in [0.717, 1.165) is 5.69 Å². The highest BCUT2D eigenvalue weighted by Crippen LogP contribution is 2.17. The summed E-state index contributed by atoms with van der Waals surface area (Å²) in [5.74, 6) is 5.02. The van der Waals surface area contributed by atoms with Crippen LogP contribution in [0.5, 0.6) is 0 Å². The predicted molar refractivity (Wildman–Crippen MR) is 73.0 cm³/mol. The van der Waals surface area contributed by atoms with Crippen LogP contribution >= 0.6 is 11.3 Å². The molecule has 2 N–H and O–H groups in total. The normalized spacial score (nSPS) is 9.58. The van der Waals surface area contributed by atoms with E-state index in [0.29, 0.717) is 15.6 Å². The highest BCUT2D eigenvalue weighted by Gasteiger charge is 2.08. The third-order valence-electron chi connectivity index (χ3n) is 2.18. The Morgan fingerprint density at radius 2 is 2.37 bits per heavy atom. The SMILES string of the molecule is Cc1cc(C(=O)Nc2ncc(C#CCO)s2)ccn1. The standard InChI is InChI=1S/C13H11N3O2S/c1-9-7-10(4-5-14-9)12(18)16-13-15-8-11(19-13)3-2-6-17/h4-5,7-8,17H,6H2,1H3,(H,15,16,18). The van der Waals surface area contributed by atoms with Crippen molar-refractivity contribution in [3.63, 3.8) is 0 Å². The van der Waals surface area contributed by atoms with Gasteiger partial charge in [-0.25, -0.2) is 4.98 Å². The van der Waals surface area contributed by atoms with Crippen molar-refractivity contribution >= 4 is 22.4 Å². The molecule has 0 fully saturated rings. The molecule has 6 heteroatoms. The van der Waals surface area contributed by atoms with Crippen LogP contribution < -0.4 is 5.32 Å². The topological polar surface area (TPSA) is 75.1 Å². The zero-order valence-corrected chi connectivity index (χ0v) is 11.0. The molecule has 0 radical (unpaired) electrons. The molecule has 19 heavy (non-hydrogen) atoms. The molecule has 96 valence electrons. The number of carbonyl (C=O) groups excluding carboxylic acids is 1. The van der Waals surface area contributed by atoms with Crippen LogP contribution in [-0.2, 0) is 0 Å². The minimum absolute atomic E-state index is 0.199. The van der Waals surface area contributed by atoms with E-state index in [9.17, 15) is 4.79 Å². The van der Waals surface area contributed by atoms with Crippen LogP contribution in [0.2, 0.25) is 0 Å². The van der Waals surface area contributed by atoms with Gasteiger partial charge in [0.1, 0.15) is 6.61 Å². The Morgan fingerprint density at radius 3 is 3.11 bits per heavy atom. The highest BCUT2D eigenvalue weighted by atomic mass is 32.1. The molecule has 0 saturated carbocycles. The van der Waals surface area contributed by atoms with Crippen molar-refractivity contribution in [3.05, 3.63) is 40.7 Å². The summed E-state index contributed by atoms with van der Waals surface area (Å²) < 4.78 is 0. The number of anilines is 1. The monoisotopic (exact) mass is 273 g/mol. The predicted octanol–water partition coefficient (Wildman–Crippen LogP) is 1.44. The van der Waals surface area contributed by atoms with Crippen molar-refractivity contribution < 1.29 is 9.90 Å². The summed E-state index contributed by atoms with van der Waals surface area (Å²) >= 11 is 1.26. The first-order valence-electron chi connectivity index (χ1n) is 5.48. The Bertz CT molecular complexity index is 655. The van der Waals surface area contributed by atoms with E-state index in [1.165, 1.54) is 11.3 Å². The number of hydrogen-bond donors (Lipinski definition) is 2. The van der Waals surface area contributed by atoms with Gasteiger partial charge in [-0.05, 0) is 19.1 Å². The maximum Gasteiger partial charge on any atom is 0.257 e. The van der Waals surface area contributed by atoms with Gasteiger partial charge in [0, 0.05) is 17.5 Å². The van der Waals surface area contributed by atoms with Crippen LogP contribution in [0.1, 0.15) is 20.9 Å². The minimum Gasteiger partial charge on any atom is -0.384 e. The van der Waals surface area contributed by atoms with Gasteiger partial charge >= 0.3 is 0 Å². The fourth-order valence-electron chi connectivity index (χ4n) is 1.37. The molecular weight excluding hydrogens is 262 g/mol. The molecule has 2 aromatic heterocycles. The van der Waals surface area contributed by atoms with Crippen LogP contribution in [-0.4, -0.2) is 27.6 Å². The van der Waals surface area contributed by atoms with Gasteiger partial charge in [0.25, 0.3) is 5.91 Å². The van der Waals surface area contributed by atoms with Crippen molar-refractivity contribution in [2.75, 3.05) is 11.9 Å². The number of aliphatic hydroxyl groups excluding tert-OH is 1. The van der Waals surface area contributed by atoms with Gasteiger partial charge in [0.05, 0.1) is 11.1 Å². The molecule has 0 bridgehead atoms. The first-order valence-corrected chi connectivity index (χ1v) is 6.30. The quantitative estimate of drug-likeness (QED) is 0.812. The lowest BCUT2D eigenvalue weighted by molar-refractivity contribution is 0.102. The van der Waals surface area contributed by atoms with Gasteiger partial charge in [-0.2, -0.15) is 0 Å². The lowest BCUT2D eigenvalue weighted by atomic mass is 10.2. The van der Waals surface area contributed by atoms with Crippen molar-refractivity contribution in [1.29, 1.82) is 0 Å². The molecule has 2 rings (SSSR count). The second kappa shape index (κ2) is 6.09. The molecule has 0 spiro atoms. The number of thiazole rings is 1. The molecule has 0 aliphatic heterocycles. The van der Waals surface area contributed by atoms with Gasteiger partial charge in [-0.1, -0.05) is 23.2 Å². The van der Waals surface area contributed by atoms with Crippen molar-refractivity contribution in [3.8, 4) is 11.8 Å². The van der Waals surface area contributed by atoms with Crippen LogP contribution in [0.4, 0.5) is 5.13 Å². The van der Waals surface area contributed by atoms with E-state index in [1.54, 1.807) is 24.5 Å². The largest absolute Gasteiger partial charge is 0.384 e. The minimum atomic E-state index is -0.235. The Hall–Kier alpha value is -2.23. The molecule has 0 saturated heterocycles. The number of aryl methyl sites for hydroxylation is 1. The lowest BCUT2D eigenvalue weighted by Crippen LogP contribution is -2.11. The van der Waals surface area contributed by atoms with E-state index in [4.69, 9.17) is 5.11 Å². The number of amides is 1. The van der Waals surface area contributed by atoms with Crippen LogP contribution in [0.25, 0.3) is 0 Å². The summed E-state index contributed by atoms with van der Waals surface area (Å²) in [6.45, 7) is 1.62. The van der Waals surface area contributed by atoms with Crippen LogP contribution in [0, 0.1) is 18.8 Å². The zero-order chi connectivity index (χ0) is 13.7. The highest BCUT2D eigenvalue weighted by molar-refractivity contribution is 7.16. The molecule has 0 unspecified atom stereocenters. The molecule has 0 atom stereocenters. The fourth-order valence-corrected chi connectivity index (χ4v) is 2.06. The Labute approximate surface area is 114 Å². The molecule has 5 nitrogen and oxygen atoms in total. The molecule has 0 aliphatic rings. The van der Waals surface area contributed by atoms with E-state index >= 15 is 0 Å². The van der Waals surface area contributed by atoms with E-state index in [1.807, 2.05) is 6.92 Å². The van der Waals surface area contributed by atoms with E-state index < -0.39 is 0 Å². The van der Waals surface area contributed by atoms with Gasteiger partial charge in [0.2, 0.25) is 0 Å². The Balaban J connectivity index is 2.09. The molecule has 2 heterocycles. The Kier molecular flexibility index (Phi) is 4.23. The average molecular weight is 273 g/mol. The smallest absolute Gasteiger partial charge is 0.257 e. The van der Waals surface area contributed by atoms with Crippen molar-refractivity contribution in [2.45, 2.75) is 6.92 Å². The number of aliphatic hydroxyl groups is 1. The van der Waals surface area contributed by atoms with E-state index in [2.05, 4.69) is 27.1 Å². The number of carbonyl (C=O) groups is 1. The first kappa shape index (κ1) is 13.2. The summed E-state index contributed by atoms with van der Waals surface area (Å²) in [5.41, 5.74) is 1.31. The number of nitrogens with one attached hydrogen (secondary N) is 1. The summed E-state index contributed by atoms with van der Waals surface area (Å²) in [4.78, 5) is 20.7. The van der Waals surface area contributed by atoms with Crippen molar-refractivity contribution in [2.24, 2.45) is 0 Å². The number of pyridine rings is 1. The van der Waals surface area contributed by atoms with Crippen LogP contribution in [0.3, 0.4) is 0 Å². The summed E-state index contributed by atoms with van der Waals surface area (Å²) in [6, 6.07) is 3.35.